The zero-order valence-electron chi connectivity index (χ0n) is 12.8. The Bertz CT molecular complexity index is 840. The van der Waals surface area contributed by atoms with E-state index >= 15 is 0 Å². The first-order chi connectivity index (χ1) is 10.6. The second-order valence-corrected chi connectivity index (χ2v) is 6.26. The maximum Gasteiger partial charge on any atom is 0.261 e. The van der Waals surface area contributed by atoms with Gasteiger partial charge in [-0.15, -0.1) is 11.3 Å². The van der Waals surface area contributed by atoms with Crippen molar-refractivity contribution in [3.8, 4) is 0 Å². The van der Waals surface area contributed by atoms with Gasteiger partial charge in [0, 0.05) is 17.6 Å². The Morgan fingerprint density at radius 3 is 2.59 bits per heavy atom. The van der Waals surface area contributed by atoms with Crippen molar-refractivity contribution in [1.82, 2.24) is 15.3 Å². The molecule has 0 aliphatic rings. The topological polar surface area (TPSA) is 54.9 Å². The summed E-state index contributed by atoms with van der Waals surface area (Å²) in [7, 11) is 0. The predicted molar refractivity (Wildman–Crippen MR) is 89.2 cm³/mol. The lowest BCUT2D eigenvalue weighted by Crippen LogP contribution is -2.22. The molecule has 22 heavy (non-hydrogen) atoms. The third kappa shape index (κ3) is 2.72. The van der Waals surface area contributed by atoms with Crippen molar-refractivity contribution in [2.45, 2.75) is 27.3 Å². The van der Waals surface area contributed by atoms with Crippen LogP contribution in [0.2, 0.25) is 0 Å². The molecule has 1 aromatic carbocycles. The van der Waals surface area contributed by atoms with Crippen molar-refractivity contribution in [3.63, 3.8) is 0 Å². The summed E-state index contributed by atoms with van der Waals surface area (Å²) in [5.74, 6) is 0.684. The number of carbonyl (C=O) groups is 1. The summed E-state index contributed by atoms with van der Waals surface area (Å²) < 4.78 is 0. The molecule has 4 nitrogen and oxygen atoms in total. The van der Waals surface area contributed by atoms with Gasteiger partial charge >= 0.3 is 0 Å². The number of hydrogen-bond acceptors (Lipinski definition) is 4. The number of carbonyl (C=O) groups excluding carboxylic acids is 1. The normalized spacial score (nSPS) is 10.9. The van der Waals surface area contributed by atoms with Crippen LogP contribution in [-0.2, 0) is 6.54 Å². The quantitative estimate of drug-likeness (QED) is 0.805. The van der Waals surface area contributed by atoms with Crippen LogP contribution in [0, 0.1) is 20.8 Å². The molecule has 2 aromatic heterocycles. The van der Waals surface area contributed by atoms with Gasteiger partial charge < -0.3 is 5.32 Å². The Kier molecular flexibility index (Phi) is 3.90. The van der Waals surface area contributed by atoms with Gasteiger partial charge in [0.1, 0.15) is 10.7 Å². The molecule has 0 saturated carbocycles. The largest absolute Gasteiger partial charge is 0.347 e. The first-order valence-corrected chi connectivity index (χ1v) is 7.94. The second-order valence-electron chi connectivity index (χ2n) is 5.26. The highest BCUT2D eigenvalue weighted by atomic mass is 32.1. The molecule has 112 valence electrons. The minimum atomic E-state index is -0.0543. The van der Waals surface area contributed by atoms with Gasteiger partial charge in [-0.05, 0) is 31.9 Å². The minimum Gasteiger partial charge on any atom is -0.347 e. The first-order valence-electron chi connectivity index (χ1n) is 7.12. The number of aromatic nitrogens is 2. The molecule has 0 aliphatic heterocycles. The number of fused-ring (bicyclic) bond motifs is 1. The van der Waals surface area contributed by atoms with Gasteiger partial charge in [-0.25, -0.2) is 9.97 Å². The van der Waals surface area contributed by atoms with Crippen LogP contribution in [0.15, 0.2) is 30.3 Å². The summed E-state index contributed by atoms with van der Waals surface area (Å²) >= 11 is 1.43. The third-order valence-electron chi connectivity index (χ3n) is 3.58. The summed E-state index contributed by atoms with van der Waals surface area (Å²) in [6, 6.07) is 9.89. The fourth-order valence-electron chi connectivity index (χ4n) is 2.55. The molecule has 5 heteroatoms. The number of nitrogens with zero attached hydrogens (tertiary/aromatic N) is 2. The predicted octanol–water partition coefficient (Wildman–Crippen LogP) is 3.55. The molecule has 0 spiro atoms. The van der Waals surface area contributed by atoms with E-state index in [0.717, 1.165) is 32.9 Å². The summed E-state index contributed by atoms with van der Waals surface area (Å²) in [5.41, 5.74) is 2.97. The van der Waals surface area contributed by atoms with Crippen LogP contribution in [0.25, 0.3) is 10.2 Å². The Morgan fingerprint density at radius 1 is 1.14 bits per heavy atom. The lowest BCUT2D eigenvalue weighted by molar-refractivity contribution is 0.0954. The van der Waals surface area contributed by atoms with Crippen LogP contribution in [-0.4, -0.2) is 15.9 Å². The number of aryl methyl sites for hydroxylation is 3. The van der Waals surface area contributed by atoms with E-state index in [2.05, 4.69) is 15.3 Å². The average molecular weight is 311 g/mol. The minimum absolute atomic E-state index is 0.0543. The summed E-state index contributed by atoms with van der Waals surface area (Å²) in [6.07, 6.45) is 0. The number of benzene rings is 1. The van der Waals surface area contributed by atoms with E-state index in [1.807, 2.05) is 51.1 Å². The van der Waals surface area contributed by atoms with Gasteiger partial charge in [0.2, 0.25) is 0 Å². The zero-order chi connectivity index (χ0) is 15.7. The van der Waals surface area contributed by atoms with Crippen LogP contribution >= 0.6 is 11.3 Å². The van der Waals surface area contributed by atoms with Crippen LogP contribution < -0.4 is 5.32 Å². The monoisotopic (exact) mass is 311 g/mol. The summed E-state index contributed by atoms with van der Waals surface area (Å²) in [6.45, 7) is 6.32. The number of rotatable bonds is 3. The SMILES string of the molecule is Cc1nc(C)c2c(C)c(C(=O)NCc3ccccc3)sc2n1. The Labute approximate surface area is 133 Å². The molecule has 0 aliphatic carbocycles. The molecule has 1 N–H and O–H groups in total. The lowest BCUT2D eigenvalue weighted by Gasteiger charge is -2.04. The molecular weight excluding hydrogens is 294 g/mol. The van der Waals surface area contributed by atoms with E-state index in [0.29, 0.717) is 11.4 Å². The Hall–Kier alpha value is -2.27. The van der Waals surface area contributed by atoms with Gasteiger partial charge in [0.05, 0.1) is 4.88 Å². The summed E-state index contributed by atoms with van der Waals surface area (Å²) in [5, 5.41) is 3.97. The van der Waals surface area contributed by atoms with Crippen LogP contribution in [0.3, 0.4) is 0 Å². The van der Waals surface area contributed by atoms with E-state index in [-0.39, 0.29) is 5.91 Å². The van der Waals surface area contributed by atoms with Crippen LogP contribution in [0.4, 0.5) is 0 Å². The van der Waals surface area contributed by atoms with Gasteiger partial charge in [0.25, 0.3) is 5.91 Å². The standard InChI is InChI=1S/C17H17N3OS/c1-10-14-11(2)19-12(3)20-17(14)22-15(10)16(21)18-9-13-7-5-4-6-8-13/h4-8H,9H2,1-3H3,(H,18,21). The highest BCUT2D eigenvalue weighted by molar-refractivity contribution is 7.20. The number of nitrogens with one attached hydrogen (secondary N) is 1. The molecular formula is C17H17N3OS. The third-order valence-corrected chi connectivity index (χ3v) is 4.77. The molecule has 0 unspecified atom stereocenters. The number of amides is 1. The second kappa shape index (κ2) is 5.85. The van der Waals surface area contributed by atoms with Crippen molar-refractivity contribution in [3.05, 3.63) is 57.9 Å². The maximum atomic E-state index is 12.5. The molecule has 3 aromatic rings. The highest BCUT2D eigenvalue weighted by Gasteiger charge is 2.18. The smallest absolute Gasteiger partial charge is 0.261 e. The summed E-state index contributed by atoms with van der Waals surface area (Å²) in [4.78, 5) is 22.9. The molecule has 0 fully saturated rings. The van der Waals surface area contributed by atoms with Gasteiger partial charge in [-0.2, -0.15) is 0 Å². The van der Waals surface area contributed by atoms with Crippen molar-refractivity contribution >= 4 is 27.5 Å². The molecule has 3 rings (SSSR count). The van der Waals surface area contributed by atoms with E-state index in [1.165, 1.54) is 11.3 Å². The molecule has 0 atom stereocenters. The fourth-order valence-corrected chi connectivity index (χ4v) is 3.74. The van der Waals surface area contributed by atoms with Crippen molar-refractivity contribution < 1.29 is 4.79 Å². The maximum absolute atomic E-state index is 12.5. The van der Waals surface area contributed by atoms with E-state index in [1.54, 1.807) is 0 Å². The van der Waals surface area contributed by atoms with Crippen molar-refractivity contribution in [2.24, 2.45) is 0 Å². The van der Waals surface area contributed by atoms with Gasteiger partial charge in [-0.1, -0.05) is 30.3 Å². The molecule has 2 heterocycles. The van der Waals surface area contributed by atoms with Crippen molar-refractivity contribution in [2.75, 3.05) is 0 Å². The number of thiophene rings is 1. The molecule has 0 bridgehead atoms. The van der Waals surface area contributed by atoms with E-state index in [9.17, 15) is 4.79 Å². The molecule has 0 radical (unpaired) electrons. The fraction of sp³-hybridized carbons (Fsp3) is 0.235. The Morgan fingerprint density at radius 2 is 1.86 bits per heavy atom. The van der Waals surface area contributed by atoms with Gasteiger partial charge in [-0.3, -0.25) is 4.79 Å². The van der Waals surface area contributed by atoms with Crippen LogP contribution in [0.5, 0.6) is 0 Å². The van der Waals surface area contributed by atoms with E-state index < -0.39 is 0 Å². The first kappa shape index (κ1) is 14.7. The highest BCUT2D eigenvalue weighted by Crippen LogP contribution is 2.31. The zero-order valence-corrected chi connectivity index (χ0v) is 13.6. The van der Waals surface area contributed by atoms with E-state index in [4.69, 9.17) is 0 Å². The molecule has 0 saturated heterocycles. The lowest BCUT2D eigenvalue weighted by atomic mass is 10.1. The van der Waals surface area contributed by atoms with Gasteiger partial charge in [0.15, 0.2) is 0 Å². The van der Waals surface area contributed by atoms with Crippen LogP contribution in [0.1, 0.15) is 32.3 Å². The number of hydrogen-bond donors (Lipinski definition) is 1. The van der Waals surface area contributed by atoms with Crippen molar-refractivity contribution in [1.29, 1.82) is 0 Å². The Balaban J connectivity index is 1.88. The molecule has 1 amide bonds. The average Bonchev–Trinajstić information content (AvgIpc) is 2.83.